The Kier molecular flexibility index (Phi) is 7.47. The fraction of sp³-hybridized carbons (Fsp3) is 0.391. The molecule has 1 heterocycles. The number of aryl methyl sites for hydroxylation is 1. The molecule has 1 N–H and O–H groups in total. The highest BCUT2D eigenvalue weighted by Crippen LogP contribution is 2.28. The van der Waals surface area contributed by atoms with Gasteiger partial charge in [0.1, 0.15) is 0 Å². The molecule has 2 unspecified atom stereocenters. The molecule has 2 aromatic rings. The number of benzene rings is 2. The van der Waals surface area contributed by atoms with Crippen molar-refractivity contribution in [3.8, 4) is 0 Å². The van der Waals surface area contributed by atoms with E-state index in [-0.39, 0.29) is 27.9 Å². The van der Waals surface area contributed by atoms with Gasteiger partial charge in [-0.15, -0.1) is 0 Å². The minimum atomic E-state index is -3.81. The van der Waals surface area contributed by atoms with Crippen LogP contribution in [0.3, 0.4) is 0 Å². The van der Waals surface area contributed by atoms with Crippen LogP contribution < -0.4 is 5.32 Å². The fourth-order valence-electron chi connectivity index (χ4n) is 4.21. The van der Waals surface area contributed by atoms with Crippen LogP contribution in [0.1, 0.15) is 19.4 Å². The van der Waals surface area contributed by atoms with E-state index >= 15 is 0 Å². The van der Waals surface area contributed by atoms with Crippen molar-refractivity contribution in [2.45, 2.75) is 42.6 Å². The van der Waals surface area contributed by atoms with Gasteiger partial charge in [0, 0.05) is 37.1 Å². The largest absolute Gasteiger partial charge is 0.325 e. The lowest BCUT2D eigenvalue weighted by atomic mass is 10.1. The summed E-state index contributed by atoms with van der Waals surface area (Å²) in [5.41, 5.74) is 1.42. The van der Waals surface area contributed by atoms with Crippen molar-refractivity contribution < 1.29 is 21.6 Å². The molecule has 34 heavy (non-hydrogen) atoms. The van der Waals surface area contributed by atoms with Crippen molar-refractivity contribution in [3.63, 3.8) is 0 Å². The molecule has 3 rings (SSSR count). The molecule has 0 saturated carbocycles. The summed E-state index contributed by atoms with van der Waals surface area (Å²) in [6.07, 6.45) is 1.11. The zero-order chi connectivity index (χ0) is 25.3. The summed E-state index contributed by atoms with van der Waals surface area (Å²) in [5.74, 6) is -0.311. The first-order chi connectivity index (χ1) is 15.8. The normalized spacial score (nSPS) is 20.0. The van der Waals surface area contributed by atoms with E-state index < -0.39 is 31.9 Å². The number of anilines is 1. The molecule has 2 aromatic carbocycles. The summed E-state index contributed by atoms with van der Waals surface area (Å²) in [6.45, 7) is 13.2. The third-order valence-electron chi connectivity index (χ3n) is 5.71. The van der Waals surface area contributed by atoms with Crippen LogP contribution in [0.2, 0.25) is 0 Å². The van der Waals surface area contributed by atoms with Gasteiger partial charge in [-0.1, -0.05) is 18.2 Å². The highest BCUT2D eigenvalue weighted by Gasteiger charge is 2.38. The smallest absolute Gasteiger partial charge is 0.242 e. The number of nitrogens with zero attached hydrogens (tertiary/aromatic N) is 3. The Morgan fingerprint density at radius 3 is 2.29 bits per heavy atom. The number of sulfone groups is 1. The van der Waals surface area contributed by atoms with Crippen LogP contribution in [0.5, 0.6) is 0 Å². The van der Waals surface area contributed by atoms with E-state index in [1.165, 1.54) is 28.6 Å². The molecule has 0 aliphatic carbocycles. The highest BCUT2D eigenvalue weighted by molar-refractivity contribution is 7.90. The Labute approximate surface area is 201 Å². The van der Waals surface area contributed by atoms with Crippen molar-refractivity contribution in [1.82, 2.24) is 9.21 Å². The maximum absolute atomic E-state index is 13.3. The van der Waals surface area contributed by atoms with Gasteiger partial charge in [0.15, 0.2) is 15.5 Å². The Morgan fingerprint density at radius 1 is 1.06 bits per heavy atom. The standard InChI is InChI=1S/C23H28N4O5S2/c1-16-9-10-20(33(5,29)30)12-22(16)25-23(28)15-26-13-17(2)27(18(3)14-26)34(31,32)21-8-6-7-19(11-21)24-4/h6-12,17-18H,13-15H2,1-3,5H3,(H,25,28). The number of sulfonamides is 1. The Bertz CT molecular complexity index is 1340. The molecule has 0 spiro atoms. The average Bonchev–Trinajstić information content (AvgIpc) is 2.73. The molecular formula is C23H28N4O5S2. The summed E-state index contributed by atoms with van der Waals surface area (Å²) in [7, 11) is -7.22. The van der Waals surface area contributed by atoms with Crippen LogP contribution in [0.4, 0.5) is 11.4 Å². The maximum Gasteiger partial charge on any atom is 0.242 e. The Morgan fingerprint density at radius 2 is 1.71 bits per heavy atom. The van der Waals surface area contributed by atoms with Crippen molar-refractivity contribution in [1.29, 1.82) is 0 Å². The van der Waals surface area contributed by atoms with E-state index in [4.69, 9.17) is 6.57 Å². The second-order valence-electron chi connectivity index (χ2n) is 8.63. The minimum Gasteiger partial charge on any atom is -0.325 e. The lowest BCUT2D eigenvalue weighted by Gasteiger charge is -2.43. The Hall–Kier alpha value is -2.78. The molecule has 0 bridgehead atoms. The number of carbonyl (C=O) groups excluding carboxylic acids is 1. The van der Waals surface area contributed by atoms with E-state index in [0.29, 0.717) is 18.8 Å². The number of hydrogen-bond acceptors (Lipinski definition) is 6. The molecule has 2 atom stereocenters. The van der Waals surface area contributed by atoms with Gasteiger partial charge in [-0.2, -0.15) is 4.31 Å². The third-order valence-corrected chi connectivity index (χ3v) is 8.95. The highest BCUT2D eigenvalue weighted by atomic mass is 32.2. The van der Waals surface area contributed by atoms with Gasteiger partial charge in [-0.05, 0) is 50.6 Å². The number of hydrogen-bond donors (Lipinski definition) is 1. The molecule has 1 fully saturated rings. The predicted octanol–water partition coefficient (Wildman–Crippen LogP) is 2.67. The number of piperazine rings is 1. The SMILES string of the molecule is [C-]#[N+]c1cccc(S(=O)(=O)N2C(C)CN(CC(=O)Nc3cc(S(C)(=O)=O)ccc3C)CC2C)c1. The molecule has 1 aliphatic heterocycles. The molecule has 1 amide bonds. The third kappa shape index (κ3) is 5.64. The number of carbonyl (C=O) groups is 1. The van der Waals surface area contributed by atoms with Crippen molar-refractivity contribution in [2.24, 2.45) is 0 Å². The van der Waals surface area contributed by atoms with E-state index in [2.05, 4.69) is 10.2 Å². The molecular weight excluding hydrogens is 476 g/mol. The molecule has 0 radical (unpaired) electrons. The minimum absolute atomic E-state index is 0.0400. The van der Waals surface area contributed by atoms with Crippen LogP contribution in [0.15, 0.2) is 52.3 Å². The second-order valence-corrected chi connectivity index (χ2v) is 12.5. The van der Waals surface area contributed by atoms with Crippen molar-refractivity contribution >= 4 is 37.1 Å². The van der Waals surface area contributed by atoms with Crippen LogP contribution in [0.25, 0.3) is 4.85 Å². The summed E-state index contributed by atoms with van der Waals surface area (Å²) < 4.78 is 51.6. The number of nitrogens with one attached hydrogen (secondary N) is 1. The van der Waals surface area contributed by atoms with Crippen LogP contribution in [-0.2, 0) is 24.7 Å². The first-order valence-electron chi connectivity index (χ1n) is 10.7. The average molecular weight is 505 g/mol. The van der Waals surface area contributed by atoms with Crippen molar-refractivity contribution in [2.75, 3.05) is 31.2 Å². The monoisotopic (exact) mass is 504 g/mol. The second kappa shape index (κ2) is 9.84. The molecule has 9 nitrogen and oxygen atoms in total. The van der Waals surface area contributed by atoms with Gasteiger partial charge in [0.25, 0.3) is 0 Å². The summed E-state index contributed by atoms with van der Waals surface area (Å²) in [4.78, 5) is 18.1. The first kappa shape index (κ1) is 25.8. The quantitative estimate of drug-likeness (QED) is 0.606. The van der Waals surface area contributed by atoms with Gasteiger partial charge in [-0.25, -0.2) is 21.7 Å². The van der Waals surface area contributed by atoms with Crippen LogP contribution in [0, 0.1) is 13.5 Å². The lowest BCUT2D eigenvalue weighted by molar-refractivity contribution is -0.118. The number of amides is 1. The predicted molar refractivity (Wildman–Crippen MR) is 130 cm³/mol. The van der Waals surface area contributed by atoms with Gasteiger partial charge < -0.3 is 5.32 Å². The van der Waals surface area contributed by atoms with E-state index in [1.807, 2.05) is 4.90 Å². The summed E-state index contributed by atoms with van der Waals surface area (Å²) in [5, 5.41) is 2.77. The molecule has 182 valence electrons. The summed E-state index contributed by atoms with van der Waals surface area (Å²) >= 11 is 0. The van der Waals surface area contributed by atoms with Gasteiger partial charge in [-0.3, -0.25) is 9.69 Å². The molecule has 0 aromatic heterocycles. The summed E-state index contributed by atoms with van der Waals surface area (Å²) in [6, 6.07) is 9.75. The molecule has 1 saturated heterocycles. The molecule has 11 heteroatoms. The van der Waals surface area contributed by atoms with Crippen LogP contribution >= 0.6 is 0 Å². The van der Waals surface area contributed by atoms with Gasteiger partial charge in [0.2, 0.25) is 15.9 Å². The van der Waals surface area contributed by atoms with E-state index in [9.17, 15) is 21.6 Å². The zero-order valence-electron chi connectivity index (χ0n) is 19.5. The van der Waals surface area contributed by atoms with Gasteiger partial charge >= 0.3 is 0 Å². The fourth-order valence-corrected chi connectivity index (χ4v) is 6.71. The topological polar surface area (TPSA) is 108 Å². The number of rotatable bonds is 6. The van der Waals surface area contributed by atoms with E-state index in [0.717, 1.165) is 11.8 Å². The zero-order valence-corrected chi connectivity index (χ0v) is 21.1. The maximum atomic E-state index is 13.3. The van der Waals surface area contributed by atoms with Crippen LogP contribution in [-0.4, -0.2) is 69.9 Å². The van der Waals surface area contributed by atoms with E-state index in [1.54, 1.807) is 39.0 Å². The molecule has 1 aliphatic rings. The van der Waals surface area contributed by atoms with Gasteiger partial charge in [0.05, 0.1) is 22.9 Å². The first-order valence-corrected chi connectivity index (χ1v) is 14.0. The Balaban J connectivity index is 1.71. The van der Waals surface area contributed by atoms with Crippen molar-refractivity contribution in [3.05, 3.63) is 59.4 Å². The lowest BCUT2D eigenvalue weighted by Crippen LogP contribution is -2.59.